The van der Waals surface area contributed by atoms with E-state index in [9.17, 15) is 4.39 Å². The van der Waals surface area contributed by atoms with E-state index in [1.807, 2.05) is 13.0 Å². The molecule has 0 N–H and O–H groups in total. The van der Waals surface area contributed by atoms with E-state index in [0.717, 1.165) is 46.8 Å². The lowest BCUT2D eigenvalue weighted by Crippen LogP contribution is -2.32. The van der Waals surface area contributed by atoms with Crippen LogP contribution in [0.15, 0.2) is 42.9 Å². The summed E-state index contributed by atoms with van der Waals surface area (Å²) in [5.74, 6) is 1.62. The van der Waals surface area contributed by atoms with E-state index in [2.05, 4.69) is 27.0 Å². The van der Waals surface area contributed by atoms with Gasteiger partial charge in [0.15, 0.2) is 11.5 Å². The van der Waals surface area contributed by atoms with Crippen molar-refractivity contribution in [1.82, 2.24) is 24.8 Å². The third kappa shape index (κ3) is 3.16. The molecule has 0 saturated carbocycles. The summed E-state index contributed by atoms with van der Waals surface area (Å²) in [7, 11) is 0. The number of hydrogen-bond donors (Lipinski definition) is 0. The van der Waals surface area contributed by atoms with E-state index in [4.69, 9.17) is 9.84 Å². The van der Waals surface area contributed by atoms with Crippen molar-refractivity contribution in [2.24, 2.45) is 0 Å². The Kier molecular flexibility index (Phi) is 4.12. The number of halogens is 1. The highest BCUT2D eigenvalue weighted by atomic mass is 19.1. The van der Waals surface area contributed by atoms with Crippen molar-refractivity contribution >= 4 is 11.5 Å². The number of pyridine rings is 1. The number of aromatic nitrogens is 5. The van der Waals surface area contributed by atoms with Gasteiger partial charge in [0.05, 0.1) is 6.20 Å². The largest absolute Gasteiger partial charge is 0.456 e. The van der Waals surface area contributed by atoms with Gasteiger partial charge in [0.2, 0.25) is 0 Å². The predicted molar refractivity (Wildman–Crippen MR) is 106 cm³/mol. The van der Waals surface area contributed by atoms with Crippen LogP contribution < -0.4 is 9.64 Å². The van der Waals surface area contributed by atoms with Gasteiger partial charge >= 0.3 is 0 Å². The molecule has 1 aliphatic heterocycles. The molecule has 5 rings (SSSR count). The Morgan fingerprint density at radius 2 is 2.00 bits per heavy atom. The average Bonchev–Trinajstić information content (AvgIpc) is 3.19. The molecule has 1 aromatic carbocycles. The molecule has 0 aliphatic carbocycles. The van der Waals surface area contributed by atoms with Crippen LogP contribution in [0.2, 0.25) is 0 Å². The van der Waals surface area contributed by atoms with Gasteiger partial charge in [-0.3, -0.25) is 4.98 Å². The lowest BCUT2D eigenvalue weighted by molar-refractivity contribution is 0.472. The SMILES string of the molecule is Cc1c(N2CCc3ncc(Oc4cccc(F)c4)cc3C2)nn2cnnc2c1C. The molecule has 8 heteroatoms. The fourth-order valence-corrected chi connectivity index (χ4v) is 3.67. The third-order valence-electron chi connectivity index (χ3n) is 5.31. The average molecular weight is 390 g/mol. The summed E-state index contributed by atoms with van der Waals surface area (Å²) < 4.78 is 20.9. The first kappa shape index (κ1) is 17.5. The maximum atomic E-state index is 13.4. The van der Waals surface area contributed by atoms with Crippen molar-refractivity contribution in [1.29, 1.82) is 0 Å². The Hall–Kier alpha value is -3.55. The van der Waals surface area contributed by atoms with Gasteiger partial charge in [-0.05, 0) is 37.6 Å². The van der Waals surface area contributed by atoms with E-state index in [-0.39, 0.29) is 5.82 Å². The molecule has 0 amide bonds. The van der Waals surface area contributed by atoms with Gasteiger partial charge < -0.3 is 9.64 Å². The second kappa shape index (κ2) is 6.80. The first-order valence-corrected chi connectivity index (χ1v) is 9.42. The van der Waals surface area contributed by atoms with Crippen LogP contribution in [-0.4, -0.2) is 31.3 Å². The van der Waals surface area contributed by atoms with Gasteiger partial charge in [-0.15, -0.1) is 15.3 Å². The van der Waals surface area contributed by atoms with Crippen molar-refractivity contribution in [3.05, 3.63) is 71.1 Å². The molecule has 0 atom stereocenters. The number of hydrogen-bond acceptors (Lipinski definition) is 6. The zero-order valence-electron chi connectivity index (χ0n) is 16.1. The van der Waals surface area contributed by atoms with Crippen molar-refractivity contribution in [2.75, 3.05) is 11.4 Å². The minimum atomic E-state index is -0.333. The molecule has 0 spiro atoms. The fraction of sp³-hybridized carbons (Fsp3) is 0.238. The van der Waals surface area contributed by atoms with Crippen LogP contribution in [0.25, 0.3) is 5.65 Å². The van der Waals surface area contributed by atoms with E-state index in [0.29, 0.717) is 18.0 Å². The molecule has 4 aromatic rings. The molecular formula is C21H19FN6O. The lowest BCUT2D eigenvalue weighted by atomic mass is 10.0. The Balaban J connectivity index is 1.45. The first-order valence-electron chi connectivity index (χ1n) is 9.42. The molecule has 7 nitrogen and oxygen atoms in total. The molecule has 4 heterocycles. The maximum Gasteiger partial charge on any atom is 0.180 e. The number of benzene rings is 1. The van der Waals surface area contributed by atoms with Crippen molar-refractivity contribution in [3.63, 3.8) is 0 Å². The summed E-state index contributed by atoms with van der Waals surface area (Å²) in [6, 6.07) is 8.06. The van der Waals surface area contributed by atoms with Crippen molar-refractivity contribution in [2.45, 2.75) is 26.8 Å². The first-order chi connectivity index (χ1) is 14.1. The number of anilines is 1. The zero-order chi connectivity index (χ0) is 20.0. The number of ether oxygens (including phenoxy) is 1. The fourth-order valence-electron chi connectivity index (χ4n) is 3.67. The third-order valence-corrected chi connectivity index (χ3v) is 5.31. The zero-order valence-corrected chi connectivity index (χ0v) is 16.1. The number of rotatable bonds is 3. The van der Waals surface area contributed by atoms with Gasteiger partial charge in [-0.1, -0.05) is 6.07 Å². The molecule has 146 valence electrons. The minimum Gasteiger partial charge on any atom is -0.456 e. The second-order valence-corrected chi connectivity index (χ2v) is 7.18. The molecule has 1 aliphatic rings. The van der Waals surface area contributed by atoms with E-state index in [1.54, 1.807) is 29.2 Å². The molecule has 0 saturated heterocycles. The van der Waals surface area contributed by atoms with Crippen molar-refractivity contribution < 1.29 is 9.13 Å². The highest BCUT2D eigenvalue weighted by molar-refractivity contribution is 5.59. The second-order valence-electron chi connectivity index (χ2n) is 7.18. The number of aryl methyl sites for hydroxylation is 1. The van der Waals surface area contributed by atoms with Crippen LogP contribution in [0.5, 0.6) is 11.5 Å². The highest BCUT2D eigenvalue weighted by Crippen LogP contribution is 2.30. The minimum absolute atomic E-state index is 0.333. The summed E-state index contributed by atoms with van der Waals surface area (Å²) in [4.78, 5) is 6.79. The summed E-state index contributed by atoms with van der Waals surface area (Å²) in [6.07, 6.45) is 4.13. The molecule has 0 unspecified atom stereocenters. The highest BCUT2D eigenvalue weighted by Gasteiger charge is 2.22. The standard InChI is InChI=1S/C21H19FN6O/c1-13-14(2)21(26-28-12-24-25-20(13)28)27-7-6-19-15(11-27)8-18(10-23-19)29-17-5-3-4-16(22)9-17/h3-5,8-10,12H,6-7,11H2,1-2H3. The summed E-state index contributed by atoms with van der Waals surface area (Å²) in [5.41, 5.74) is 5.06. The topological polar surface area (TPSA) is 68.4 Å². The maximum absolute atomic E-state index is 13.4. The smallest absolute Gasteiger partial charge is 0.180 e. The normalized spacial score (nSPS) is 13.6. The summed E-state index contributed by atoms with van der Waals surface area (Å²) >= 11 is 0. The summed E-state index contributed by atoms with van der Waals surface area (Å²) in [5, 5.41) is 12.8. The van der Waals surface area contributed by atoms with Gasteiger partial charge in [0, 0.05) is 42.4 Å². The predicted octanol–water partition coefficient (Wildman–Crippen LogP) is 3.63. The van der Waals surface area contributed by atoms with Crippen LogP contribution in [0, 0.1) is 19.7 Å². The van der Waals surface area contributed by atoms with Gasteiger partial charge in [-0.2, -0.15) is 4.52 Å². The summed E-state index contributed by atoms with van der Waals surface area (Å²) in [6.45, 7) is 5.59. The lowest BCUT2D eigenvalue weighted by Gasteiger charge is -2.30. The van der Waals surface area contributed by atoms with Crippen LogP contribution in [0.3, 0.4) is 0 Å². The van der Waals surface area contributed by atoms with Crippen LogP contribution in [-0.2, 0) is 13.0 Å². The van der Waals surface area contributed by atoms with Crippen LogP contribution in [0.1, 0.15) is 22.4 Å². The molecule has 3 aromatic heterocycles. The quantitative estimate of drug-likeness (QED) is 0.532. The number of nitrogens with zero attached hydrogens (tertiary/aromatic N) is 6. The Morgan fingerprint density at radius 3 is 2.86 bits per heavy atom. The molecular weight excluding hydrogens is 371 g/mol. The van der Waals surface area contributed by atoms with Crippen molar-refractivity contribution in [3.8, 4) is 11.5 Å². The monoisotopic (exact) mass is 390 g/mol. The van der Waals surface area contributed by atoms with Crippen LogP contribution >= 0.6 is 0 Å². The Morgan fingerprint density at radius 1 is 1.10 bits per heavy atom. The van der Waals surface area contributed by atoms with E-state index < -0.39 is 0 Å². The molecule has 0 bridgehead atoms. The van der Waals surface area contributed by atoms with E-state index in [1.165, 1.54) is 12.1 Å². The van der Waals surface area contributed by atoms with Gasteiger partial charge in [-0.25, -0.2) is 4.39 Å². The van der Waals surface area contributed by atoms with Crippen LogP contribution in [0.4, 0.5) is 10.2 Å². The number of fused-ring (bicyclic) bond motifs is 2. The molecule has 0 fully saturated rings. The van der Waals surface area contributed by atoms with E-state index >= 15 is 0 Å². The molecule has 0 radical (unpaired) electrons. The van der Waals surface area contributed by atoms with Gasteiger partial charge in [0.25, 0.3) is 0 Å². The molecule has 29 heavy (non-hydrogen) atoms. The van der Waals surface area contributed by atoms with Gasteiger partial charge in [0.1, 0.15) is 23.6 Å². The Bertz CT molecular complexity index is 1220. The Labute approximate surface area is 166 Å².